The van der Waals surface area contributed by atoms with E-state index in [0.717, 1.165) is 12.0 Å². The maximum atomic E-state index is 9.23. The van der Waals surface area contributed by atoms with E-state index in [0.29, 0.717) is 47.9 Å². The number of rotatable bonds is 14. The van der Waals surface area contributed by atoms with Gasteiger partial charge in [-0.05, 0) is 58.0 Å². The maximum Gasteiger partial charge on any atom is 0.245 e. The van der Waals surface area contributed by atoms with Crippen molar-refractivity contribution >= 4 is 17.9 Å². The molecule has 2 N–H and O–H groups in total. The molecule has 0 bridgehead atoms. The zero-order chi connectivity index (χ0) is 26.1. The van der Waals surface area contributed by atoms with Crippen LogP contribution in [-0.4, -0.2) is 72.0 Å². The van der Waals surface area contributed by atoms with Crippen LogP contribution in [-0.2, 0) is 11.2 Å². The molecule has 0 aromatic carbocycles. The van der Waals surface area contributed by atoms with Gasteiger partial charge in [-0.25, -0.2) is 9.97 Å². The Kier molecular flexibility index (Phi) is 10.2. The Morgan fingerprint density at radius 2 is 1.67 bits per heavy atom. The van der Waals surface area contributed by atoms with Gasteiger partial charge in [0.25, 0.3) is 0 Å². The molecule has 12 nitrogen and oxygen atoms in total. The number of aliphatic hydroxyl groups excluding tert-OH is 1. The van der Waals surface area contributed by atoms with E-state index in [1.54, 1.807) is 17.0 Å². The largest absolute Gasteiger partial charge is 0.479 e. The van der Waals surface area contributed by atoms with E-state index in [-0.39, 0.29) is 24.1 Å². The van der Waals surface area contributed by atoms with Crippen LogP contribution in [0.5, 0.6) is 11.8 Å². The van der Waals surface area contributed by atoms with E-state index >= 15 is 0 Å². The maximum absolute atomic E-state index is 9.23. The number of aromatic nitrogens is 7. The Balaban J connectivity index is 1.92. The van der Waals surface area contributed by atoms with Gasteiger partial charge in [-0.3, -0.25) is 9.29 Å². The van der Waals surface area contributed by atoms with Crippen LogP contribution in [0.1, 0.15) is 56.9 Å². The minimum Gasteiger partial charge on any atom is -0.479 e. The Bertz CT molecular complexity index is 1070. The second-order valence-corrected chi connectivity index (χ2v) is 9.53. The average Bonchev–Trinajstić information content (AvgIpc) is 3.28. The topological polar surface area (TPSA) is 142 Å². The molecule has 3 aromatic rings. The van der Waals surface area contributed by atoms with Gasteiger partial charge in [0.05, 0.1) is 25.6 Å². The minimum absolute atomic E-state index is 0.0141. The number of methoxy groups -OCH3 is 2. The van der Waals surface area contributed by atoms with Crippen molar-refractivity contribution in [1.29, 1.82) is 0 Å². The predicted molar refractivity (Wildman–Crippen MR) is 136 cm³/mol. The van der Waals surface area contributed by atoms with Crippen molar-refractivity contribution in [3.8, 4) is 17.4 Å². The molecule has 3 aromatic heterocycles. The molecule has 0 amide bonds. The number of anilines is 1. The molecule has 0 aliphatic carbocycles. The van der Waals surface area contributed by atoms with Crippen LogP contribution < -0.4 is 14.2 Å². The molecule has 0 radical (unpaired) electrons. The van der Waals surface area contributed by atoms with Gasteiger partial charge in [-0.15, -0.1) is 10.2 Å². The van der Waals surface area contributed by atoms with Crippen LogP contribution in [0.25, 0.3) is 5.69 Å². The highest BCUT2D eigenvalue weighted by Gasteiger charge is 2.27. The molecule has 36 heavy (non-hydrogen) atoms. The molecule has 0 saturated heterocycles. The Hall–Kier alpha value is -3.03. The van der Waals surface area contributed by atoms with Gasteiger partial charge in [0, 0.05) is 25.4 Å². The number of nitrogens with one attached hydrogen (secondary N) is 1. The summed E-state index contributed by atoms with van der Waals surface area (Å²) in [7, 11) is 3.06. The van der Waals surface area contributed by atoms with Gasteiger partial charge in [0.2, 0.25) is 17.7 Å². The summed E-state index contributed by atoms with van der Waals surface area (Å²) in [5.74, 6) is 2.36. The molecule has 13 heteroatoms. The van der Waals surface area contributed by atoms with Crippen molar-refractivity contribution < 1.29 is 19.3 Å². The molecule has 0 aliphatic heterocycles. The van der Waals surface area contributed by atoms with Crippen molar-refractivity contribution in [2.24, 2.45) is 0 Å². The molecule has 1 unspecified atom stereocenters. The van der Waals surface area contributed by atoms with Gasteiger partial charge < -0.3 is 19.3 Å². The van der Waals surface area contributed by atoms with Crippen LogP contribution >= 0.6 is 11.9 Å². The van der Waals surface area contributed by atoms with E-state index in [4.69, 9.17) is 14.2 Å². The molecular weight excluding hydrogens is 484 g/mol. The highest BCUT2D eigenvalue weighted by atomic mass is 32.2. The van der Waals surface area contributed by atoms with Gasteiger partial charge in [0.15, 0.2) is 11.5 Å². The van der Waals surface area contributed by atoms with E-state index in [9.17, 15) is 5.11 Å². The fourth-order valence-corrected chi connectivity index (χ4v) is 4.18. The number of nitrogens with zero attached hydrogens (tertiary/aromatic N) is 7. The van der Waals surface area contributed by atoms with Crippen LogP contribution in [0.15, 0.2) is 18.7 Å². The zero-order valence-corrected chi connectivity index (χ0v) is 22.3. The Morgan fingerprint density at radius 3 is 2.25 bits per heavy atom. The third-order valence-electron chi connectivity index (χ3n) is 5.14. The van der Waals surface area contributed by atoms with E-state index in [1.165, 1.54) is 32.5 Å². The molecule has 0 fully saturated rings. The normalized spacial score (nSPS) is 13.0. The van der Waals surface area contributed by atoms with Crippen molar-refractivity contribution in [3.63, 3.8) is 0 Å². The molecule has 2 atom stereocenters. The van der Waals surface area contributed by atoms with Gasteiger partial charge in [-0.1, -0.05) is 0 Å². The van der Waals surface area contributed by atoms with Crippen LogP contribution in [0, 0.1) is 6.92 Å². The number of unbranched alkanes of at least 4 members (excludes halogenated alkanes) is 1. The van der Waals surface area contributed by atoms with Crippen molar-refractivity contribution in [2.75, 3.05) is 25.5 Å². The van der Waals surface area contributed by atoms with Gasteiger partial charge in [0.1, 0.15) is 18.3 Å². The van der Waals surface area contributed by atoms with Gasteiger partial charge >= 0.3 is 0 Å². The second-order valence-electron chi connectivity index (χ2n) is 8.35. The monoisotopic (exact) mass is 518 g/mol. The lowest BCUT2D eigenvalue weighted by Crippen LogP contribution is -2.23. The van der Waals surface area contributed by atoms with E-state index < -0.39 is 0 Å². The summed E-state index contributed by atoms with van der Waals surface area (Å²) in [5.41, 5.74) is 1.47. The fourth-order valence-electron chi connectivity index (χ4n) is 3.44. The Morgan fingerprint density at radius 1 is 1.00 bits per heavy atom. The highest BCUT2D eigenvalue weighted by molar-refractivity contribution is 8.01. The molecule has 0 saturated carbocycles. The SMILES string of the molecule is COc1ncnc(OC)c1-n1c(CCCCO)nnc1NSC(C)[C@@H](OC(C)C)c1ncc(C)cn1. The summed E-state index contributed by atoms with van der Waals surface area (Å²) in [6.07, 6.45) is 6.52. The lowest BCUT2D eigenvalue weighted by atomic mass is 10.2. The van der Waals surface area contributed by atoms with Crippen LogP contribution in [0.4, 0.5) is 5.95 Å². The number of aryl methyl sites for hydroxylation is 2. The van der Waals surface area contributed by atoms with Crippen LogP contribution in [0.3, 0.4) is 0 Å². The lowest BCUT2D eigenvalue weighted by molar-refractivity contribution is 0.00284. The number of hydrogen-bond donors (Lipinski definition) is 2. The second kappa shape index (κ2) is 13.3. The highest BCUT2D eigenvalue weighted by Crippen LogP contribution is 2.34. The zero-order valence-electron chi connectivity index (χ0n) is 21.5. The van der Waals surface area contributed by atoms with Crippen LogP contribution in [0.2, 0.25) is 0 Å². The molecular formula is C23H34N8O4S. The summed E-state index contributed by atoms with van der Waals surface area (Å²) >= 11 is 1.42. The minimum atomic E-state index is -0.354. The average molecular weight is 519 g/mol. The summed E-state index contributed by atoms with van der Waals surface area (Å²) in [6.45, 7) is 8.04. The first-order chi connectivity index (χ1) is 17.4. The summed E-state index contributed by atoms with van der Waals surface area (Å²) in [6, 6.07) is 0. The fraction of sp³-hybridized carbons (Fsp3) is 0.565. The first-order valence-electron chi connectivity index (χ1n) is 11.7. The van der Waals surface area contributed by atoms with Gasteiger partial charge in [-0.2, -0.15) is 9.97 Å². The number of hydrogen-bond acceptors (Lipinski definition) is 12. The molecule has 0 spiro atoms. The summed E-state index contributed by atoms with van der Waals surface area (Å²) in [5, 5.41) is 17.9. The molecule has 196 valence electrons. The standard InChI is InChI=1S/C23H34N8O4S/c1-14(2)35-19(20-24-11-15(3)12-25-20)16(4)36-30-23-29-28-17(9-7-8-10-32)31(23)18-21(33-5)26-13-27-22(18)34-6/h11-14,16,19,32H,7-10H2,1-6H3,(H,29,30)/t16?,19-/m1/s1. The van der Waals surface area contributed by atoms with Crippen molar-refractivity contribution in [3.05, 3.63) is 35.9 Å². The lowest BCUT2D eigenvalue weighted by Gasteiger charge is -2.25. The Labute approximate surface area is 215 Å². The molecule has 3 rings (SSSR count). The number of aliphatic hydroxyl groups is 1. The van der Waals surface area contributed by atoms with E-state index in [1.807, 2.05) is 27.7 Å². The predicted octanol–water partition coefficient (Wildman–Crippen LogP) is 3.10. The first-order valence-corrected chi connectivity index (χ1v) is 12.6. The third-order valence-corrected chi connectivity index (χ3v) is 6.06. The van der Waals surface area contributed by atoms with E-state index in [2.05, 4.69) is 34.9 Å². The number of ether oxygens (including phenoxy) is 3. The van der Waals surface area contributed by atoms with Crippen molar-refractivity contribution in [2.45, 2.75) is 64.4 Å². The summed E-state index contributed by atoms with van der Waals surface area (Å²) < 4.78 is 22.3. The summed E-state index contributed by atoms with van der Waals surface area (Å²) in [4.78, 5) is 17.5. The molecule has 0 aliphatic rings. The molecule has 3 heterocycles. The third kappa shape index (κ3) is 6.80. The quantitative estimate of drug-likeness (QED) is 0.239. The first kappa shape index (κ1) is 27.6. The smallest absolute Gasteiger partial charge is 0.245 e. The van der Waals surface area contributed by atoms with Crippen molar-refractivity contribution in [1.82, 2.24) is 34.7 Å².